The summed E-state index contributed by atoms with van der Waals surface area (Å²) in [4.78, 5) is 0. The van der Waals surface area contributed by atoms with Crippen molar-refractivity contribution in [1.82, 2.24) is 15.4 Å². The van der Waals surface area contributed by atoms with Crippen molar-refractivity contribution < 1.29 is 4.42 Å². The molecule has 31 heavy (non-hydrogen) atoms. The lowest BCUT2D eigenvalue weighted by Gasteiger charge is -2.13. The van der Waals surface area contributed by atoms with Gasteiger partial charge in [-0.15, -0.1) is 10.2 Å². The molecule has 0 unspecified atom stereocenters. The van der Waals surface area contributed by atoms with E-state index in [1.807, 2.05) is 42.5 Å². The molecule has 0 saturated heterocycles. The molecule has 6 aromatic rings. The molecule has 0 aliphatic heterocycles. The standard InChI is InChI=1S/C27H17N3O/c1-2-9-18(10-3-1)19-11-4-5-12-20(19)23-17-28-30-29-27(23)22-14-8-16-25-26(22)21-13-6-7-15-24(21)31-25/h1-17H. The zero-order chi connectivity index (χ0) is 20.6. The lowest BCUT2D eigenvalue weighted by atomic mass is 9.92. The first-order valence-electron chi connectivity index (χ1n) is 10.1. The molecule has 0 saturated carbocycles. The quantitative estimate of drug-likeness (QED) is 0.329. The van der Waals surface area contributed by atoms with Crippen LogP contribution in [0.1, 0.15) is 0 Å². The van der Waals surface area contributed by atoms with Crippen LogP contribution in [0.5, 0.6) is 0 Å². The summed E-state index contributed by atoms with van der Waals surface area (Å²) in [7, 11) is 0. The van der Waals surface area contributed by atoms with Gasteiger partial charge in [0.05, 0.1) is 6.20 Å². The van der Waals surface area contributed by atoms with Crippen molar-refractivity contribution in [2.75, 3.05) is 0 Å². The van der Waals surface area contributed by atoms with E-state index >= 15 is 0 Å². The van der Waals surface area contributed by atoms with Gasteiger partial charge in [-0.25, -0.2) is 0 Å². The van der Waals surface area contributed by atoms with Crippen LogP contribution in [0.15, 0.2) is 108 Å². The van der Waals surface area contributed by atoms with Crippen molar-refractivity contribution >= 4 is 21.9 Å². The van der Waals surface area contributed by atoms with Crippen molar-refractivity contribution in [1.29, 1.82) is 0 Å². The highest BCUT2D eigenvalue weighted by atomic mass is 16.3. The topological polar surface area (TPSA) is 51.8 Å². The third-order valence-electron chi connectivity index (χ3n) is 5.60. The van der Waals surface area contributed by atoms with Crippen LogP contribution < -0.4 is 0 Å². The van der Waals surface area contributed by atoms with Gasteiger partial charge in [0.15, 0.2) is 0 Å². The fourth-order valence-electron chi connectivity index (χ4n) is 4.22. The predicted molar refractivity (Wildman–Crippen MR) is 123 cm³/mol. The number of para-hydroxylation sites is 1. The summed E-state index contributed by atoms with van der Waals surface area (Å²) in [5.41, 5.74) is 7.74. The Kier molecular flexibility index (Phi) is 4.06. The second kappa shape index (κ2) is 7.18. The monoisotopic (exact) mass is 399 g/mol. The van der Waals surface area contributed by atoms with E-state index in [4.69, 9.17) is 4.42 Å². The second-order valence-electron chi connectivity index (χ2n) is 7.38. The van der Waals surface area contributed by atoms with Gasteiger partial charge in [0.2, 0.25) is 0 Å². The molecule has 0 spiro atoms. The van der Waals surface area contributed by atoms with E-state index in [1.54, 1.807) is 6.20 Å². The first-order chi connectivity index (χ1) is 15.4. The van der Waals surface area contributed by atoms with Crippen molar-refractivity contribution in [3.63, 3.8) is 0 Å². The highest BCUT2D eigenvalue weighted by molar-refractivity contribution is 6.13. The van der Waals surface area contributed by atoms with Gasteiger partial charge in [-0.1, -0.05) is 84.9 Å². The molecule has 2 aromatic heterocycles. The summed E-state index contributed by atoms with van der Waals surface area (Å²) in [5, 5.41) is 14.7. The fraction of sp³-hybridized carbons (Fsp3) is 0. The molecule has 4 heteroatoms. The Morgan fingerprint density at radius 1 is 0.548 bits per heavy atom. The van der Waals surface area contributed by atoms with Gasteiger partial charge < -0.3 is 4.42 Å². The molecule has 0 radical (unpaired) electrons. The largest absolute Gasteiger partial charge is 0.456 e. The molecule has 0 aliphatic rings. The Morgan fingerprint density at radius 2 is 1.26 bits per heavy atom. The molecule has 0 amide bonds. The molecule has 146 valence electrons. The third kappa shape index (κ3) is 2.89. The second-order valence-corrected chi connectivity index (χ2v) is 7.38. The van der Waals surface area contributed by atoms with E-state index in [1.165, 1.54) is 0 Å². The van der Waals surface area contributed by atoms with E-state index in [-0.39, 0.29) is 0 Å². The molecule has 0 fully saturated rings. The Balaban J connectivity index is 1.65. The van der Waals surface area contributed by atoms with Crippen molar-refractivity contribution in [3.8, 4) is 33.5 Å². The van der Waals surface area contributed by atoms with Gasteiger partial charge in [0.25, 0.3) is 0 Å². The van der Waals surface area contributed by atoms with Gasteiger partial charge in [-0.2, -0.15) is 0 Å². The molecule has 2 heterocycles. The van der Waals surface area contributed by atoms with Gasteiger partial charge in [-0.3, -0.25) is 0 Å². The molecule has 0 aliphatic carbocycles. The first kappa shape index (κ1) is 17.5. The van der Waals surface area contributed by atoms with Crippen LogP contribution in [0.3, 0.4) is 0 Å². The first-order valence-corrected chi connectivity index (χ1v) is 10.1. The predicted octanol–water partition coefficient (Wildman–Crippen LogP) is 6.77. The van der Waals surface area contributed by atoms with E-state index in [2.05, 4.69) is 70.0 Å². The average molecular weight is 399 g/mol. The van der Waals surface area contributed by atoms with Crippen LogP contribution in [0.2, 0.25) is 0 Å². The number of furan rings is 1. The highest BCUT2D eigenvalue weighted by Crippen LogP contribution is 2.41. The summed E-state index contributed by atoms with van der Waals surface area (Å²) in [6, 6.07) is 32.8. The van der Waals surface area contributed by atoms with Crippen molar-refractivity contribution in [2.45, 2.75) is 0 Å². The Bertz CT molecular complexity index is 1540. The summed E-state index contributed by atoms with van der Waals surface area (Å²) in [6.07, 6.45) is 1.80. The molecule has 4 aromatic carbocycles. The van der Waals surface area contributed by atoms with Crippen LogP contribution in [0.25, 0.3) is 55.4 Å². The summed E-state index contributed by atoms with van der Waals surface area (Å²) >= 11 is 0. The minimum Gasteiger partial charge on any atom is -0.456 e. The van der Waals surface area contributed by atoms with Crippen molar-refractivity contribution in [2.24, 2.45) is 0 Å². The molecule has 4 nitrogen and oxygen atoms in total. The van der Waals surface area contributed by atoms with E-state index < -0.39 is 0 Å². The molecule has 0 bridgehead atoms. The fourth-order valence-corrected chi connectivity index (χ4v) is 4.22. The van der Waals surface area contributed by atoms with Crippen LogP contribution in [0, 0.1) is 0 Å². The maximum absolute atomic E-state index is 6.09. The van der Waals surface area contributed by atoms with Gasteiger partial charge in [0, 0.05) is 21.9 Å². The normalized spacial score (nSPS) is 11.2. The van der Waals surface area contributed by atoms with Gasteiger partial charge >= 0.3 is 0 Å². The van der Waals surface area contributed by atoms with E-state index in [0.29, 0.717) is 0 Å². The molecule has 6 rings (SSSR count). The zero-order valence-electron chi connectivity index (χ0n) is 16.6. The average Bonchev–Trinajstić information content (AvgIpc) is 3.23. The molecule has 0 atom stereocenters. The Labute approximate surface area is 178 Å². The molecular formula is C27H17N3O. The van der Waals surface area contributed by atoms with Crippen LogP contribution in [-0.2, 0) is 0 Å². The number of nitrogens with zero attached hydrogens (tertiary/aromatic N) is 3. The van der Waals surface area contributed by atoms with Crippen molar-refractivity contribution in [3.05, 3.63) is 103 Å². The highest BCUT2D eigenvalue weighted by Gasteiger charge is 2.18. The van der Waals surface area contributed by atoms with E-state index in [9.17, 15) is 0 Å². The molecule has 0 N–H and O–H groups in total. The number of hydrogen-bond donors (Lipinski definition) is 0. The number of rotatable bonds is 3. The zero-order valence-corrected chi connectivity index (χ0v) is 16.6. The Morgan fingerprint density at radius 3 is 2.16 bits per heavy atom. The summed E-state index contributed by atoms with van der Waals surface area (Å²) in [6.45, 7) is 0. The lowest BCUT2D eigenvalue weighted by Crippen LogP contribution is -1.96. The lowest BCUT2D eigenvalue weighted by molar-refractivity contribution is 0.669. The van der Waals surface area contributed by atoms with Crippen LogP contribution in [0.4, 0.5) is 0 Å². The number of hydrogen-bond acceptors (Lipinski definition) is 4. The van der Waals surface area contributed by atoms with Crippen LogP contribution in [-0.4, -0.2) is 15.4 Å². The SMILES string of the molecule is c1ccc(-c2ccccc2-c2cnnnc2-c2cccc3oc4ccccc4c23)cc1. The van der Waals surface area contributed by atoms with E-state index in [0.717, 1.165) is 55.4 Å². The number of fused-ring (bicyclic) bond motifs is 3. The smallest absolute Gasteiger partial charge is 0.136 e. The maximum atomic E-state index is 6.09. The number of aromatic nitrogens is 3. The summed E-state index contributed by atoms with van der Waals surface area (Å²) < 4.78 is 6.09. The summed E-state index contributed by atoms with van der Waals surface area (Å²) in [5.74, 6) is 0. The Hall–Kier alpha value is -4.31. The van der Waals surface area contributed by atoms with Gasteiger partial charge in [-0.05, 0) is 34.0 Å². The third-order valence-corrected chi connectivity index (χ3v) is 5.60. The maximum Gasteiger partial charge on any atom is 0.136 e. The van der Waals surface area contributed by atoms with Gasteiger partial charge in [0.1, 0.15) is 16.9 Å². The van der Waals surface area contributed by atoms with Crippen LogP contribution >= 0.6 is 0 Å². The minimum atomic E-state index is 0.788. The molecular weight excluding hydrogens is 382 g/mol. The minimum absolute atomic E-state index is 0.788. The number of benzene rings is 4.